The Bertz CT molecular complexity index is 1520. The number of piperidine rings is 1. The van der Waals surface area contributed by atoms with Gasteiger partial charge >= 0.3 is 0 Å². The highest BCUT2D eigenvalue weighted by Gasteiger charge is 2.28. The second kappa shape index (κ2) is 10.2. The average molecular weight is 501 g/mol. The third-order valence-corrected chi connectivity index (χ3v) is 6.89. The zero-order valence-electron chi connectivity index (χ0n) is 20.7. The fourth-order valence-electron chi connectivity index (χ4n) is 5.14. The summed E-state index contributed by atoms with van der Waals surface area (Å²) in [5.41, 5.74) is 10.2. The van der Waals surface area contributed by atoms with Gasteiger partial charge in [-0.05, 0) is 60.7 Å². The number of nitrogens with two attached hydrogens (primary N) is 1. The Morgan fingerprint density at radius 1 is 1.24 bits per heavy atom. The molecule has 1 saturated heterocycles. The molecule has 3 heterocycles. The van der Waals surface area contributed by atoms with Crippen LogP contribution in [-0.2, 0) is 13.6 Å². The Kier molecular flexibility index (Phi) is 6.78. The number of fused-ring (bicyclic) bond motifs is 1. The van der Waals surface area contributed by atoms with Crippen molar-refractivity contribution in [2.75, 3.05) is 19.7 Å². The lowest BCUT2D eigenvalue weighted by molar-refractivity contribution is 0.0697. The number of hydrogen-bond donors (Lipinski definition) is 2. The number of halogens is 1. The Labute approximate surface area is 214 Å². The van der Waals surface area contributed by atoms with Gasteiger partial charge < -0.3 is 20.3 Å². The van der Waals surface area contributed by atoms with Crippen LogP contribution in [0.4, 0.5) is 4.39 Å². The number of aliphatic hydroxyl groups is 1. The first kappa shape index (κ1) is 24.7. The molecule has 9 heteroatoms. The minimum Gasteiger partial charge on any atom is -0.396 e. The van der Waals surface area contributed by atoms with Crippen molar-refractivity contribution < 1.29 is 14.3 Å². The number of hydrogen-bond acceptors (Lipinski definition) is 5. The standard InChI is InChI=1S/C28H29FN6O2/c1-33-16-21-12-19(7-8-25(21)32-33)27-23(18-5-6-20(15-30)24(29)13-18)14-26(35(27)10-3-11-36)28(37)34-9-2-4-22(31)17-34/h5-8,12-14,16,22,36H,2-4,9-11,17,31H2,1H3. The summed E-state index contributed by atoms with van der Waals surface area (Å²) in [6.45, 7) is 1.45. The fourth-order valence-corrected chi connectivity index (χ4v) is 5.14. The van der Waals surface area contributed by atoms with Gasteiger partial charge in [-0.1, -0.05) is 12.1 Å². The summed E-state index contributed by atoms with van der Waals surface area (Å²) in [4.78, 5) is 15.6. The van der Waals surface area contributed by atoms with Crippen molar-refractivity contribution in [3.63, 3.8) is 0 Å². The molecule has 190 valence electrons. The number of carbonyl (C=O) groups excluding carboxylic acids is 1. The van der Waals surface area contributed by atoms with E-state index in [2.05, 4.69) is 5.10 Å². The monoisotopic (exact) mass is 500 g/mol. The number of aryl methyl sites for hydroxylation is 1. The van der Waals surface area contributed by atoms with Crippen LogP contribution in [0.25, 0.3) is 33.3 Å². The average Bonchev–Trinajstić information content (AvgIpc) is 3.46. The predicted molar refractivity (Wildman–Crippen MR) is 139 cm³/mol. The second-order valence-corrected chi connectivity index (χ2v) is 9.56. The molecule has 0 bridgehead atoms. The van der Waals surface area contributed by atoms with Crippen LogP contribution in [0.15, 0.2) is 48.7 Å². The molecular weight excluding hydrogens is 471 g/mol. The number of nitrogens with zero attached hydrogens (tertiary/aromatic N) is 5. The third kappa shape index (κ3) is 4.73. The van der Waals surface area contributed by atoms with Gasteiger partial charge in [-0.25, -0.2) is 4.39 Å². The van der Waals surface area contributed by atoms with E-state index in [1.807, 2.05) is 42.1 Å². The maximum atomic E-state index is 14.7. The molecule has 0 spiro atoms. The third-order valence-electron chi connectivity index (χ3n) is 6.89. The van der Waals surface area contributed by atoms with Crippen molar-refractivity contribution in [3.8, 4) is 28.5 Å². The molecule has 0 aliphatic carbocycles. The van der Waals surface area contributed by atoms with Gasteiger partial charge in [-0.2, -0.15) is 10.4 Å². The van der Waals surface area contributed by atoms with Gasteiger partial charge in [0.05, 0.1) is 16.8 Å². The topological polar surface area (TPSA) is 113 Å². The summed E-state index contributed by atoms with van der Waals surface area (Å²) >= 11 is 0. The number of likely N-dealkylation sites (tertiary alicyclic amines) is 1. The Morgan fingerprint density at radius 2 is 2.05 bits per heavy atom. The molecule has 8 nitrogen and oxygen atoms in total. The van der Waals surface area contributed by atoms with Gasteiger partial charge in [0, 0.05) is 56.5 Å². The molecule has 1 atom stereocenters. The van der Waals surface area contributed by atoms with Crippen molar-refractivity contribution in [1.29, 1.82) is 5.26 Å². The van der Waals surface area contributed by atoms with Crippen LogP contribution in [0.2, 0.25) is 0 Å². The number of benzene rings is 2. The Balaban J connectivity index is 1.73. The molecule has 1 fully saturated rings. The molecule has 1 unspecified atom stereocenters. The first-order valence-electron chi connectivity index (χ1n) is 12.4. The number of aliphatic hydroxyl groups excluding tert-OH is 1. The molecule has 37 heavy (non-hydrogen) atoms. The quantitative estimate of drug-likeness (QED) is 0.420. The Morgan fingerprint density at radius 3 is 2.78 bits per heavy atom. The molecule has 2 aromatic carbocycles. The normalized spacial score (nSPS) is 15.8. The molecular formula is C28H29FN6O2. The van der Waals surface area contributed by atoms with Crippen LogP contribution >= 0.6 is 0 Å². The second-order valence-electron chi connectivity index (χ2n) is 9.56. The summed E-state index contributed by atoms with van der Waals surface area (Å²) in [6, 6.07) is 13.9. The summed E-state index contributed by atoms with van der Waals surface area (Å²) < 4.78 is 18.4. The van der Waals surface area contributed by atoms with E-state index in [4.69, 9.17) is 5.73 Å². The van der Waals surface area contributed by atoms with E-state index in [9.17, 15) is 19.6 Å². The van der Waals surface area contributed by atoms with Crippen LogP contribution in [0.3, 0.4) is 0 Å². The lowest BCUT2D eigenvalue weighted by Crippen LogP contribution is -2.46. The van der Waals surface area contributed by atoms with Crippen LogP contribution in [0, 0.1) is 17.1 Å². The van der Waals surface area contributed by atoms with Gasteiger partial charge in [0.15, 0.2) is 0 Å². The van der Waals surface area contributed by atoms with E-state index >= 15 is 0 Å². The van der Waals surface area contributed by atoms with Gasteiger partial charge in [0.2, 0.25) is 0 Å². The van der Waals surface area contributed by atoms with Crippen molar-refractivity contribution >= 4 is 16.8 Å². The number of aromatic nitrogens is 3. The van der Waals surface area contributed by atoms with E-state index in [0.29, 0.717) is 42.9 Å². The van der Waals surface area contributed by atoms with Crippen LogP contribution in [-0.4, -0.2) is 56.0 Å². The van der Waals surface area contributed by atoms with Gasteiger partial charge in [-0.15, -0.1) is 0 Å². The zero-order chi connectivity index (χ0) is 26.1. The molecule has 4 aromatic rings. The minimum atomic E-state index is -0.619. The van der Waals surface area contributed by atoms with Gasteiger partial charge in [0.1, 0.15) is 17.6 Å². The van der Waals surface area contributed by atoms with E-state index < -0.39 is 5.82 Å². The minimum absolute atomic E-state index is 0.0394. The number of carbonyl (C=O) groups is 1. The fraction of sp³-hybridized carbons (Fsp3) is 0.321. The number of nitriles is 1. The molecule has 5 rings (SSSR count). The van der Waals surface area contributed by atoms with Crippen molar-refractivity contribution in [2.45, 2.75) is 31.8 Å². The largest absolute Gasteiger partial charge is 0.396 e. The highest BCUT2D eigenvalue weighted by Crippen LogP contribution is 2.38. The Hall–Kier alpha value is -4.00. The molecule has 2 aromatic heterocycles. The summed E-state index contributed by atoms with van der Waals surface area (Å²) in [5, 5.41) is 24.2. The summed E-state index contributed by atoms with van der Waals surface area (Å²) in [5.74, 6) is -0.760. The van der Waals surface area contributed by atoms with Crippen molar-refractivity contribution in [2.24, 2.45) is 12.8 Å². The van der Waals surface area contributed by atoms with Crippen LogP contribution < -0.4 is 5.73 Å². The first-order chi connectivity index (χ1) is 17.9. The number of rotatable bonds is 6. The van der Waals surface area contributed by atoms with Gasteiger partial charge in [-0.3, -0.25) is 9.48 Å². The predicted octanol–water partition coefficient (Wildman–Crippen LogP) is 3.67. The highest BCUT2D eigenvalue weighted by molar-refractivity contribution is 5.98. The highest BCUT2D eigenvalue weighted by atomic mass is 19.1. The van der Waals surface area contributed by atoms with Crippen molar-refractivity contribution in [1.82, 2.24) is 19.2 Å². The molecule has 1 aliphatic heterocycles. The molecule has 1 amide bonds. The lowest BCUT2D eigenvalue weighted by Gasteiger charge is -2.31. The van der Waals surface area contributed by atoms with E-state index in [0.717, 1.165) is 35.0 Å². The maximum absolute atomic E-state index is 14.7. The van der Waals surface area contributed by atoms with E-state index in [-0.39, 0.29) is 24.1 Å². The van der Waals surface area contributed by atoms with Crippen LogP contribution in [0.1, 0.15) is 35.3 Å². The first-order valence-corrected chi connectivity index (χ1v) is 12.4. The molecule has 0 saturated carbocycles. The number of amides is 1. The van der Waals surface area contributed by atoms with Gasteiger partial charge in [0.25, 0.3) is 5.91 Å². The van der Waals surface area contributed by atoms with E-state index in [1.165, 1.54) is 12.1 Å². The zero-order valence-corrected chi connectivity index (χ0v) is 20.7. The SMILES string of the molecule is Cn1cc2cc(-c3c(-c4ccc(C#N)c(F)c4)cc(C(=O)N4CCCC(N)C4)n3CCCO)ccc2n1. The molecule has 1 aliphatic rings. The molecule has 0 radical (unpaired) electrons. The smallest absolute Gasteiger partial charge is 0.270 e. The van der Waals surface area contributed by atoms with Crippen LogP contribution in [0.5, 0.6) is 0 Å². The lowest BCUT2D eigenvalue weighted by atomic mass is 9.99. The summed E-state index contributed by atoms with van der Waals surface area (Å²) in [7, 11) is 1.86. The summed E-state index contributed by atoms with van der Waals surface area (Å²) in [6.07, 6.45) is 4.07. The molecule has 3 N–H and O–H groups in total. The van der Waals surface area contributed by atoms with Crippen molar-refractivity contribution in [3.05, 3.63) is 65.7 Å². The van der Waals surface area contributed by atoms with E-state index in [1.54, 1.807) is 21.7 Å². The maximum Gasteiger partial charge on any atom is 0.270 e.